The van der Waals surface area contributed by atoms with Crippen LogP contribution < -0.4 is 19.1 Å². The van der Waals surface area contributed by atoms with Crippen LogP contribution in [-0.2, 0) is 9.59 Å². The highest BCUT2D eigenvalue weighted by Gasteiger charge is 2.47. The van der Waals surface area contributed by atoms with E-state index in [-0.39, 0.29) is 27.7 Å². The molecule has 3 aromatic rings. The van der Waals surface area contributed by atoms with Gasteiger partial charge in [-0.25, -0.2) is 0 Å². The summed E-state index contributed by atoms with van der Waals surface area (Å²) < 4.78 is 16.1. The van der Waals surface area contributed by atoms with Crippen molar-refractivity contribution in [1.82, 2.24) is 0 Å². The smallest absolute Gasteiger partial charge is 0.300 e. The Morgan fingerprint density at radius 1 is 1.09 bits per heavy atom. The lowest BCUT2D eigenvalue weighted by molar-refractivity contribution is -0.132. The first-order valence-corrected chi connectivity index (χ1v) is 11.7. The van der Waals surface area contributed by atoms with Crippen molar-refractivity contribution < 1.29 is 28.9 Å². The number of thiophene rings is 1. The number of nitrogens with zero attached hydrogens (tertiary/aromatic N) is 1. The number of carbonyl (C=O) groups excluding carboxylic acids is 2. The molecule has 1 atom stereocenters. The molecule has 0 bridgehead atoms. The summed E-state index contributed by atoms with van der Waals surface area (Å²) >= 11 is 7.67. The molecule has 4 rings (SSSR count). The van der Waals surface area contributed by atoms with Gasteiger partial charge in [-0.1, -0.05) is 17.7 Å². The third kappa shape index (κ3) is 4.10. The van der Waals surface area contributed by atoms with Crippen molar-refractivity contribution >= 4 is 46.1 Å². The van der Waals surface area contributed by atoms with Gasteiger partial charge in [0.25, 0.3) is 11.7 Å². The molecule has 2 aromatic carbocycles. The second-order valence-electron chi connectivity index (χ2n) is 7.30. The molecule has 1 unspecified atom stereocenters. The van der Waals surface area contributed by atoms with Crippen LogP contribution in [-0.4, -0.2) is 37.6 Å². The van der Waals surface area contributed by atoms with Crippen LogP contribution in [0.5, 0.6) is 17.2 Å². The third-order valence-electron chi connectivity index (χ3n) is 5.41. The summed E-state index contributed by atoms with van der Waals surface area (Å²) in [5, 5.41) is 13.4. The normalized spacial score (nSPS) is 17.2. The van der Waals surface area contributed by atoms with Crippen LogP contribution in [0.3, 0.4) is 0 Å². The molecule has 0 spiro atoms. The Hall–Kier alpha value is -3.49. The topological polar surface area (TPSA) is 85.3 Å². The van der Waals surface area contributed by atoms with Gasteiger partial charge in [-0.15, -0.1) is 11.3 Å². The van der Waals surface area contributed by atoms with Gasteiger partial charge in [0, 0.05) is 16.6 Å². The van der Waals surface area contributed by atoms with Crippen LogP contribution in [0.1, 0.15) is 23.4 Å². The maximum atomic E-state index is 13.3. The molecule has 1 N–H and O–H groups in total. The van der Waals surface area contributed by atoms with Crippen molar-refractivity contribution in [2.24, 2.45) is 0 Å². The standard InChI is InChI=1S/C25H22ClNO6S/c1-4-33-15-9-7-14(8-10-15)27-22(20-6-5-11-34-20)21(24(29)25(27)30)23(28)16-12-17(26)19(32-3)13-18(16)31-2/h5-13,22,28H,4H2,1-3H3/b23-21-. The van der Waals surface area contributed by atoms with Crippen LogP contribution in [0.25, 0.3) is 5.76 Å². The van der Waals surface area contributed by atoms with Crippen LogP contribution >= 0.6 is 22.9 Å². The molecule has 2 heterocycles. The van der Waals surface area contributed by atoms with Crippen molar-refractivity contribution in [2.75, 3.05) is 25.7 Å². The van der Waals surface area contributed by atoms with Crippen molar-refractivity contribution in [3.63, 3.8) is 0 Å². The molecule has 1 aliphatic heterocycles. The summed E-state index contributed by atoms with van der Waals surface area (Å²) in [6.07, 6.45) is 0. The Morgan fingerprint density at radius 3 is 2.38 bits per heavy atom. The third-order valence-corrected chi connectivity index (χ3v) is 6.63. The Kier molecular flexibility index (Phi) is 6.81. The van der Waals surface area contributed by atoms with E-state index in [4.69, 9.17) is 25.8 Å². The minimum atomic E-state index is -0.830. The molecule has 1 aromatic heterocycles. The molecular weight excluding hydrogens is 478 g/mol. The van der Waals surface area contributed by atoms with Crippen LogP contribution in [0, 0.1) is 0 Å². The number of ether oxygens (including phenoxy) is 3. The summed E-state index contributed by atoms with van der Waals surface area (Å²) in [6, 6.07) is 12.7. The first kappa shape index (κ1) is 23.7. The molecule has 0 aliphatic carbocycles. The van der Waals surface area contributed by atoms with Gasteiger partial charge in [0.2, 0.25) is 0 Å². The number of Topliss-reactive ketones (excluding diaryl/α,β-unsaturated/α-hetero) is 1. The number of amides is 1. The van der Waals surface area contributed by atoms with Crippen LogP contribution in [0.2, 0.25) is 5.02 Å². The monoisotopic (exact) mass is 499 g/mol. The van der Waals surface area contributed by atoms with E-state index in [0.29, 0.717) is 28.7 Å². The summed E-state index contributed by atoms with van der Waals surface area (Å²) in [6.45, 7) is 2.38. The fourth-order valence-electron chi connectivity index (χ4n) is 3.87. The Bertz CT molecular complexity index is 1250. The fraction of sp³-hybridized carbons (Fsp3) is 0.200. The number of benzene rings is 2. The molecule has 0 saturated carbocycles. The van der Waals surface area contributed by atoms with Crippen LogP contribution in [0.4, 0.5) is 5.69 Å². The van der Waals surface area contributed by atoms with Gasteiger partial charge >= 0.3 is 0 Å². The van der Waals surface area contributed by atoms with E-state index in [1.165, 1.54) is 42.6 Å². The Balaban J connectivity index is 1.90. The summed E-state index contributed by atoms with van der Waals surface area (Å²) in [7, 11) is 2.88. The molecule has 1 fully saturated rings. The number of halogens is 1. The Morgan fingerprint density at radius 2 is 1.79 bits per heavy atom. The predicted molar refractivity (Wildman–Crippen MR) is 131 cm³/mol. The van der Waals surface area contributed by atoms with E-state index >= 15 is 0 Å². The molecule has 1 amide bonds. The lowest BCUT2D eigenvalue weighted by Crippen LogP contribution is -2.29. The van der Waals surface area contributed by atoms with Crippen molar-refractivity contribution in [2.45, 2.75) is 13.0 Å². The van der Waals surface area contributed by atoms with E-state index < -0.39 is 17.7 Å². The van der Waals surface area contributed by atoms with E-state index in [2.05, 4.69) is 0 Å². The molecular formula is C25H22ClNO6S. The van der Waals surface area contributed by atoms with E-state index in [1.807, 2.05) is 24.4 Å². The maximum Gasteiger partial charge on any atom is 0.300 e. The quantitative estimate of drug-likeness (QED) is 0.264. The second-order valence-corrected chi connectivity index (χ2v) is 8.68. The van der Waals surface area contributed by atoms with Crippen molar-refractivity contribution in [3.05, 3.63) is 74.9 Å². The highest BCUT2D eigenvalue weighted by molar-refractivity contribution is 7.10. The average Bonchev–Trinajstić information content (AvgIpc) is 3.46. The SMILES string of the molecule is CCOc1ccc(N2C(=O)C(=O)/C(=C(\O)c3cc(Cl)c(OC)cc3OC)C2c2cccs2)cc1. The van der Waals surface area contributed by atoms with Crippen molar-refractivity contribution in [3.8, 4) is 17.2 Å². The van der Waals surface area contributed by atoms with Gasteiger partial charge in [-0.2, -0.15) is 0 Å². The lowest BCUT2D eigenvalue weighted by atomic mass is 9.99. The largest absolute Gasteiger partial charge is 0.507 e. The predicted octanol–water partition coefficient (Wildman–Crippen LogP) is 5.44. The minimum Gasteiger partial charge on any atom is -0.507 e. The molecule has 1 saturated heterocycles. The molecule has 1 aliphatic rings. The minimum absolute atomic E-state index is 0.0548. The Labute approximate surface area is 205 Å². The second kappa shape index (κ2) is 9.79. The van der Waals surface area contributed by atoms with Gasteiger partial charge in [0.1, 0.15) is 29.0 Å². The molecule has 176 valence electrons. The lowest BCUT2D eigenvalue weighted by Gasteiger charge is -2.24. The first-order chi connectivity index (χ1) is 16.4. The number of rotatable bonds is 7. The number of hydrogen-bond acceptors (Lipinski definition) is 7. The molecule has 34 heavy (non-hydrogen) atoms. The summed E-state index contributed by atoms with van der Waals surface area (Å²) in [4.78, 5) is 28.6. The zero-order valence-electron chi connectivity index (χ0n) is 18.7. The summed E-state index contributed by atoms with van der Waals surface area (Å²) in [5.74, 6) is -0.697. The maximum absolute atomic E-state index is 13.3. The molecule has 7 nitrogen and oxygen atoms in total. The zero-order valence-corrected chi connectivity index (χ0v) is 20.3. The highest BCUT2D eigenvalue weighted by atomic mass is 35.5. The average molecular weight is 500 g/mol. The first-order valence-electron chi connectivity index (χ1n) is 10.4. The van der Waals surface area contributed by atoms with Gasteiger partial charge in [-0.3, -0.25) is 14.5 Å². The fourth-order valence-corrected chi connectivity index (χ4v) is 4.94. The van der Waals surface area contributed by atoms with Gasteiger partial charge in [0.15, 0.2) is 0 Å². The van der Waals surface area contributed by atoms with Gasteiger partial charge in [0.05, 0.1) is 37.0 Å². The number of carbonyl (C=O) groups is 2. The highest BCUT2D eigenvalue weighted by Crippen LogP contribution is 2.45. The number of aliphatic hydroxyl groups is 1. The molecule has 9 heteroatoms. The van der Waals surface area contributed by atoms with Crippen LogP contribution in [0.15, 0.2) is 59.5 Å². The van der Waals surface area contributed by atoms with E-state index in [1.54, 1.807) is 24.3 Å². The molecule has 0 radical (unpaired) electrons. The number of hydrogen-bond donors (Lipinski definition) is 1. The van der Waals surface area contributed by atoms with E-state index in [9.17, 15) is 14.7 Å². The zero-order chi connectivity index (χ0) is 24.4. The van der Waals surface area contributed by atoms with E-state index in [0.717, 1.165) is 0 Å². The van der Waals surface area contributed by atoms with Gasteiger partial charge < -0.3 is 19.3 Å². The van der Waals surface area contributed by atoms with Crippen molar-refractivity contribution in [1.29, 1.82) is 0 Å². The number of anilines is 1. The number of aliphatic hydroxyl groups excluding tert-OH is 1. The number of methoxy groups -OCH3 is 2. The summed E-state index contributed by atoms with van der Waals surface area (Å²) in [5.41, 5.74) is 0.628. The van der Waals surface area contributed by atoms with Gasteiger partial charge in [-0.05, 0) is 48.7 Å². The number of ketones is 1.